The van der Waals surface area contributed by atoms with E-state index >= 15 is 0 Å². The number of nitro groups is 1. The van der Waals surface area contributed by atoms with Crippen LogP contribution in [0.4, 0.5) is 5.69 Å². The summed E-state index contributed by atoms with van der Waals surface area (Å²) < 4.78 is 5.06. The fourth-order valence-electron chi connectivity index (χ4n) is 1.07. The Bertz CT molecular complexity index is 451. The molecule has 1 rings (SSSR count). The lowest BCUT2D eigenvalue weighted by atomic mass is 10.2. The Labute approximate surface area is 91.2 Å². The molecule has 0 aliphatic rings. The number of hydrogen-bond donors (Lipinski definition) is 0. The van der Waals surface area contributed by atoms with E-state index < -0.39 is 4.92 Å². The number of carbonyl (C=O) groups excluding carboxylic acids is 1. The first-order chi connectivity index (χ1) is 7.69. The molecule has 0 unspecified atom stereocenters. The third kappa shape index (κ3) is 2.78. The summed E-state index contributed by atoms with van der Waals surface area (Å²) in [4.78, 5) is 20.1. The molecule has 0 saturated carbocycles. The van der Waals surface area contributed by atoms with E-state index in [4.69, 9.17) is 10.00 Å². The maximum absolute atomic E-state index is 10.7. The van der Waals surface area contributed by atoms with Crippen molar-refractivity contribution >= 4 is 12.0 Å². The summed E-state index contributed by atoms with van der Waals surface area (Å²) in [6.45, 7) is 0.0796. The SMILES string of the molecule is N#Cc1ccc(OCCC=O)c([N+](=O)[O-])c1. The maximum atomic E-state index is 10.7. The van der Waals surface area contributed by atoms with Gasteiger partial charge in [0.15, 0.2) is 5.75 Å². The van der Waals surface area contributed by atoms with Crippen LogP contribution < -0.4 is 4.74 Å². The second kappa shape index (κ2) is 5.46. The minimum atomic E-state index is -0.628. The number of ether oxygens (including phenoxy) is 1. The van der Waals surface area contributed by atoms with Crippen molar-refractivity contribution in [1.82, 2.24) is 0 Å². The van der Waals surface area contributed by atoms with Gasteiger partial charge in [-0.2, -0.15) is 5.26 Å². The fourth-order valence-corrected chi connectivity index (χ4v) is 1.07. The molecule has 0 aliphatic carbocycles. The summed E-state index contributed by atoms with van der Waals surface area (Å²) in [5.41, 5.74) is -0.0839. The van der Waals surface area contributed by atoms with Crippen LogP contribution in [0.2, 0.25) is 0 Å². The van der Waals surface area contributed by atoms with E-state index in [1.54, 1.807) is 6.07 Å². The number of benzene rings is 1. The van der Waals surface area contributed by atoms with E-state index in [1.807, 2.05) is 0 Å². The third-order valence-corrected chi connectivity index (χ3v) is 1.78. The molecule has 0 saturated heterocycles. The molecule has 82 valence electrons. The number of rotatable bonds is 5. The second-order valence-electron chi connectivity index (χ2n) is 2.86. The van der Waals surface area contributed by atoms with Gasteiger partial charge in [0.1, 0.15) is 6.29 Å². The molecule has 6 nitrogen and oxygen atoms in total. The van der Waals surface area contributed by atoms with Crippen molar-refractivity contribution in [3.63, 3.8) is 0 Å². The van der Waals surface area contributed by atoms with Crippen LogP contribution in [0, 0.1) is 21.4 Å². The number of carbonyl (C=O) groups is 1. The van der Waals surface area contributed by atoms with Gasteiger partial charge in [0.2, 0.25) is 0 Å². The number of aldehydes is 1. The van der Waals surface area contributed by atoms with Crippen LogP contribution in [-0.2, 0) is 4.79 Å². The van der Waals surface area contributed by atoms with Gasteiger partial charge in [-0.15, -0.1) is 0 Å². The van der Waals surface area contributed by atoms with E-state index in [0.29, 0.717) is 6.29 Å². The molecule has 6 heteroatoms. The molecular weight excluding hydrogens is 212 g/mol. The van der Waals surface area contributed by atoms with Crippen molar-refractivity contribution in [2.75, 3.05) is 6.61 Å². The van der Waals surface area contributed by atoms with Crippen LogP contribution in [0.3, 0.4) is 0 Å². The van der Waals surface area contributed by atoms with Gasteiger partial charge in [-0.25, -0.2) is 0 Å². The molecule has 1 aromatic carbocycles. The molecule has 1 aromatic rings. The fraction of sp³-hybridized carbons (Fsp3) is 0.200. The first kappa shape index (κ1) is 11.7. The van der Waals surface area contributed by atoms with Crippen LogP contribution in [0.1, 0.15) is 12.0 Å². The molecule has 16 heavy (non-hydrogen) atoms. The van der Waals surface area contributed by atoms with Crippen molar-refractivity contribution in [1.29, 1.82) is 5.26 Å². The Morgan fingerprint density at radius 1 is 1.56 bits per heavy atom. The summed E-state index contributed by atoms with van der Waals surface area (Å²) in [5.74, 6) is 0.0610. The molecular formula is C10H8N2O4. The number of hydrogen-bond acceptors (Lipinski definition) is 5. The molecule has 0 amide bonds. The molecule has 0 bridgehead atoms. The second-order valence-corrected chi connectivity index (χ2v) is 2.86. The lowest BCUT2D eigenvalue weighted by Gasteiger charge is -2.04. The molecule has 0 spiro atoms. The maximum Gasteiger partial charge on any atom is 0.312 e. The number of nitrogens with zero attached hydrogens (tertiary/aromatic N) is 2. The van der Waals surface area contributed by atoms with E-state index in [-0.39, 0.29) is 30.0 Å². The molecule has 0 aromatic heterocycles. The standard InChI is InChI=1S/C10H8N2O4/c11-7-8-2-3-10(16-5-1-4-13)9(6-8)12(14)15/h2-4,6H,1,5H2. The van der Waals surface area contributed by atoms with Crippen molar-refractivity contribution in [2.24, 2.45) is 0 Å². The van der Waals surface area contributed by atoms with Gasteiger partial charge in [-0.1, -0.05) is 0 Å². The summed E-state index contributed by atoms with van der Waals surface area (Å²) in [6.07, 6.45) is 0.826. The first-order valence-electron chi connectivity index (χ1n) is 4.44. The van der Waals surface area contributed by atoms with Crippen LogP contribution in [0.5, 0.6) is 5.75 Å². The van der Waals surface area contributed by atoms with Gasteiger partial charge in [0.25, 0.3) is 0 Å². The Hall–Kier alpha value is -2.42. The topological polar surface area (TPSA) is 93.2 Å². The number of nitro benzene ring substituents is 1. The minimum absolute atomic E-state index is 0.0610. The van der Waals surface area contributed by atoms with Gasteiger partial charge in [0, 0.05) is 12.5 Å². The van der Waals surface area contributed by atoms with Crippen molar-refractivity contribution in [3.05, 3.63) is 33.9 Å². The van der Waals surface area contributed by atoms with Gasteiger partial charge in [0.05, 0.1) is 23.2 Å². The third-order valence-electron chi connectivity index (χ3n) is 1.78. The van der Waals surface area contributed by atoms with Gasteiger partial charge in [-0.05, 0) is 12.1 Å². The summed E-state index contributed by atoms with van der Waals surface area (Å²) in [6, 6.07) is 5.70. The highest BCUT2D eigenvalue weighted by atomic mass is 16.6. The average Bonchev–Trinajstić information content (AvgIpc) is 2.29. The molecule has 0 heterocycles. The zero-order chi connectivity index (χ0) is 12.0. The zero-order valence-electron chi connectivity index (χ0n) is 8.25. The quantitative estimate of drug-likeness (QED) is 0.324. The predicted molar refractivity (Wildman–Crippen MR) is 54.0 cm³/mol. The van der Waals surface area contributed by atoms with Crippen LogP contribution >= 0.6 is 0 Å². The summed E-state index contributed by atoms with van der Waals surface area (Å²) >= 11 is 0. The van der Waals surface area contributed by atoms with Crippen molar-refractivity contribution in [3.8, 4) is 11.8 Å². The first-order valence-corrected chi connectivity index (χ1v) is 4.44. The molecule has 0 fully saturated rings. The normalized spacial score (nSPS) is 9.19. The van der Waals surface area contributed by atoms with E-state index in [0.717, 1.165) is 6.07 Å². The average molecular weight is 220 g/mol. The van der Waals surface area contributed by atoms with Crippen molar-refractivity contribution < 1.29 is 14.5 Å². The predicted octanol–water partition coefficient (Wildman–Crippen LogP) is 1.43. The summed E-state index contributed by atoms with van der Waals surface area (Å²) in [5, 5.41) is 19.3. The van der Waals surface area contributed by atoms with E-state index in [9.17, 15) is 14.9 Å². The Morgan fingerprint density at radius 3 is 2.88 bits per heavy atom. The summed E-state index contributed by atoms with van der Waals surface area (Å²) in [7, 11) is 0. The van der Waals surface area contributed by atoms with Gasteiger partial charge in [-0.3, -0.25) is 10.1 Å². The Balaban J connectivity index is 2.95. The Kier molecular flexibility index (Phi) is 3.98. The van der Waals surface area contributed by atoms with Crippen LogP contribution in [-0.4, -0.2) is 17.8 Å². The highest BCUT2D eigenvalue weighted by Crippen LogP contribution is 2.27. The van der Waals surface area contributed by atoms with Crippen LogP contribution in [0.25, 0.3) is 0 Å². The van der Waals surface area contributed by atoms with Gasteiger partial charge >= 0.3 is 5.69 Å². The molecule has 0 N–H and O–H groups in total. The smallest absolute Gasteiger partial charge is 0.312 e. The number of nitriles is 1. The molecule has 0 aliphatic heterocycles. The van der Waals surface area contributed by atoms with E-state index in [1.165, 1.54) is 12.1 Å². The lowest BCUT2D eigenvalue weighted by molar-refractivity contribution is -0.385. The minimum Gasteiger partial charge on any atom is -0.486 e. The Morgan fingerprint density at radius 2 is 2.31 bits per heavy atom. The van der Waals surface area contributed by atoms with Gasteiger partial charge < -0.3 is 9.53 Å². The lowest BCUT2D eigenvalue weighted by Crippen LogP contribution is -2.01. The van der Waals surface area contributed by atoms with E-state index in [2.05, 4.69) is 0 Å². The highest BCUT2D eigenvalue weighted by molar-refractivity contribution is 5.52. The van der Waals surface area contributed by atoms with Crippen molar-refractivity contribution in [2.45, 2.75) is 6.42 Å². The largest absolute Gasteiger partial charge is 0.486 e. The monoisotopic (exact) mass is 220 g/mol. The molecule has 0 radical (unpaired) electrons. The van der Waals surface area contributed by atoms with Crippen LogP contribution in [0.15, 0.2) is 18.2 Å². The molecule has 0 atom stereocenters. The zero-order valence-corrected chi connectivity index (χ0v) is 8.25. The highest BCUT2D eigenvalue weighted by Gasteiger charge is 2.15.